The number of hydrogen-bond acceptors (Lipinski definition) is 4. The smallest absolute Gasteiger partial charge is 0.416 e. The van der Waals surface area contributed by atoms with E-state index in [1.807, 2.05) is 30.5 Å². The molecule has 1 aliphatic carbocycles. The Balaban J connectivity index is 0.00000192. The molecule has 28 heavy (non-hydrogen) atoms. The van der Waals surface area contributed by atoms with Crippen molar-refractivity contribution in [3.05, 3.63) is 76.1 Å². The molecule has 0 atom stereocenters. The van der Waals surface area contributed by atoms with Crippen molar-refractivity contribution in [1.82, 2.24) is 4.90 Å². The Hall–Kier alpha value is -2.97. The number of benzene rings is 2. The molecule has 2 heterocycles. The van der Waals surface area contributed by atoms with Gasteiger partial charge in [0.25, 0.3) is 5.88 Å². The maximum atomic E-state index is 12.8. The average molecular weight is 389 g/mol. The van der Waals surface area contributed by atoms with Crippen LogP contribution in [0.1, 0.15) is 18.4 Å². The Morgan fingerprint density at radius 3 is 2.32 bits per heavy atom. The van der Waals surface area contributed by atoms with E-state index in [0.29, 0.717) is 11.7 Å². The summed E-state index contributed by atoms with van der Waals surface area (Å²) in [5, 5.41) is 14.5. The molecule has 5 nitrogen and oxygen atoms in total. The lowest BCUT2D eigenvalue weighted by Gasteiger charge is -2.22. The molecule has 2 aromatic carbocycles. The van der Waals surface area contributed by atoms with E-state index < -0.39 is 11.7 Å². The fourth-order valence-corrected chi connectivity index (χ4v) is 3.66. The number of halogens is 3. The van der Waals surface area contributed by atoms with Crippen molar-refractivity contribution in [3.8, 4) is 0 Å². The van der Waals surface area contributed by atoms with Gasteiger partial charge in [-0.15, -0.1) is 0 Å². The van der Waals surface area contributed by atoms with E-state index >= 15 is 0 Å². The number of aliphatic hydroxyl groups is 1. The van der Waals surface area contributed by atoms with Crippen LogP contribution in [0, 0.1) is 0 Å². The number of alkyl halides is 3. The molecule has 0 radical (unpaired) electrons. The zero-order valence-corrected chi connectivity index (χ0v) is 14.7. The van der Waals surface area contributed by atoms with E-state index in [4.69, 9.17) is 0 Å². The van der Waals surface area contributed by atoms with Gasteiger partial charge in [0.1, 0.15) is 0 Å². The molecule has 3 aliphatic rings. The second kappa shape index (κ2) is 6.29. The number of hydrogen-bond donors (Lipinski definition) is 2. The lowest BCUT2D eigenvalue weighted by Crippen LogP contribution is -2.90. The molecule has 1 fully saturated rings. The van der Waals surface area contributed by atoms with Gasteiger partial charge in [0.15, 0.2) is 11.4 Å². The molecule has 0 aromatic heterocycles. The van der Waals surface area contributed by atoms with Crippen LogP contribution in [0.15, 0.2) is 60.1 Å². The zero-order chi connectivity index (χ0) is 18.8. The minimum absolute atomic E-state index is 0. The zero-order valence-electron chi connectivity index (χ0n) is 14.7. The fraction of sp³-hybridized carbons (Fsp3) is 0.200. The van der Waals surface area contributed by atoms with Gasteiger partial charge in [-0.05, 0) is 43.2 Å². The lowest BCUT2D eigenvalue weighted by molar-refractivity contribution is -0.568. The first-order valence-corrected chi connectivity index (χ1v) is 8.78. The molecular formula is C20H18F3N3O2. The Bertz CT molecular complexity index is 1070. The van der Waals surface area contributed by atoms with Gasteiger partial charge in [0.05, 0.1) is 11.3 Å². The van der Waals surface area contributed by atoms with E-state index in [2.05, 4.69) is 4.90 Å². The third kappa shape index (κ3) is 2.81. The van der Waals surface area contributed by atoms with Gasteiger partial charge in [-0.3, -0.25) is 0 Å². The van der Waals surface area contributed by atoms with Gasteiger partial charge in [-0.1, -0.05) is 18.2 Å². The molecule has 0 saturated heterocycles. The second-order valence-corrected chi connectivity index (χ2v) is 6.98. The molecular weight excluding hydrogens is 371 g/mol. The minimum atomic E-state index is -4.38. The van der Waals surface area contributed by atoms with Crippen LogP contribution in [0.3, 0.4) is 0 Å². The van der Waals surface area contributed by atoms with E-state index in [9.17, 15) is 18.3 Å². The molecule has 1 saturated carbocycles. The normalized spacial score (nSPS) is 18.5. The first-order chi connectivity index (χ1) is 12.9. The molecule has 8 heteroatoms. The van der Waals surface area contributed by atoms with Crippen molar-refractivity contribution in [2.24, 2.45) is 0 Å². The number of anilines is 1. The molecule has 2 aromatic rings. The van der Waals surface area contributed by atoms with Gasteiger partial charge in [0, 0.05) is 22.7 Å². The largest absolute Gasteiger partial charge is 0.870 e. The summed E-state index contributed by atoms with van der Waals surface area (Å²) in [6.45, 7) is 0. The van der Waals surface area contributed by atoms with Gasteiger partial charge in [-0.2, -0.15) is 18.2 Å². The predicted molar refractivity (Wildman–Crippen MR) is 95.9 cm³/mol. The Morgan fingerprint density at radius 1 is 1.00 bits per heavy atom. The Kier molecular flexibility index (Phi) is 4.13. The SMILES string of the molecule is OC1=C2C(=c3ccccc3=CN2C2CC2)[NH2+]N1c1ccc(C(F)(F)F)cc1.[OH-]. The van der Waals surface area contributed by atoms with Crippen LogP contribution in [-0.4, -0.2) is 21.5 Å². The van der Waals surface area contributed by atoms with Crippen molar-refractivity contribution in [2.45, 2.75) is 25.1 Å². The third-order valence-corrected chi connectivity index (χ3v) is 5.15. The summed E-state index contributed by atoms with van der Waals surface area (Å²) in [5.74, 6) is 0.0439. The molecule has 0 amide bonds. The third-order valence-electron chi connectivity index (χ3n) is 5.15. The number of rotatable bonds is 2. The number of nitrogens with two attached hydrogens (primary N) is 1. The number of nitrogens with zero attached hydrogens (tertiary/aromatic N) is 2. The van der Waals surface area contributed by atoms with Crippen LogP contribution >= 0.6 is 0 Å². The predicted octanol–water partition coefficient (Wildman–Crippen LogP) is 1.58. The number of fused-ring (bicyclic) bond motifs is 2. The highest BCUT2D eigenvalue weighted by molar-refractivity contribution is 5.68. The first kappa shape index (κ1) is 18.4. The van der Waals surface area contributed by atoms with E-state index in [-0.39, 0.29) is 11.4 Å². The molecule has 4 N–H and O–H groups in total. The Morgan fingerprint density at radius 2 is 1.68 bits per heavy atom. The van der Waals surface area contributed by atoms with Gasteiger partial charge in [0.2, 0.25) is 0 Å². The van der Waals surface area contributed by atoms with Crippen molar-refractivity contribution in [2.75, 3.05) is 5.01 Å². The number of aliphatic hydroxyl groups excluding tert-OH is 1. The van der Waals surface area contributed by atoms with Crippen molar-refractivity contribution in [3.63, 3.8) is 0 Å². The first-order valence-electron chi connectivity index (χ1n) is 8.78. The van der Waals surface area contributed by atoms with E-state index in [1.165, 1.54) is 12.1 Å². The standard InChI is InChI=1S/C20H16F3N3O.H2O/c21-20(22,23)13-5-7-15(8-6-13)26-19(27)18-17(24-26)16-4-2-1-3-12(16)11-25(18)14-9-10-14;/h1-8,11,14,24,27H,9-10H2;1H2. The van der Waals surface area contributed by atoms with Crippen LogP contribution in [0.4, 0.5) is 18.9 Å². The quantitative estimate of drug-likeness (QED) is 0.765. The summed E-state index contributed by atoms with van der Waals surface area (Å²) >= 11 is 0. The summed E-state index contributed by atoms with van der Waals surface area (Å²) in [6.07, 6.45) is -0.217. The molecule has 0 bridgehead atoms. The van der Waals surface area contributed by atoms with Crippen molar-refractivity contribution in [1.29, 1.82) is 0 Å². The van der Waals surface area contributed by atoms with Crippen LogP contribution in [-0.2, 0) is 6.18 Å². The second-order valence-electron chi connectivity index (χ2n) is 6.98. The van der Waals surface area contributed by atoms with Crippen molar-refractivity contribution < 1.29 is 29.2 Å². The highest BCUT2D eigenvalue weighted by atomic mass is 19.4. The Labute approximate surface area is 158 Å². The van der Waals surface area contributed by atoms with Crippen LogP contribution in [0.2, 0.25) is 0 Å². The van der Waals surface area contributed by atoms with Gasteiger partial charge < -0.3 is 15.5 Å². The summed E-state index contributed by atoms with van der Waals surface area (Å²) in [6, 6.07) is 13.1. The van der Waals surface area contributed by atoms with Crippen LogP contribution in [0.5, 0.6) is 0 Å². The topological polar surface area (TPSA) is 73.3 Å². The van der Waals surface area contributed by atoms with Gasteiger partial charge >= 0.3 is 6.18 Å². The minimum Gasteiger partial charge on any atom is -0.870 e. The van der Waals surface area contributed by atoms with Gasteiger partial charge in [-0.25, -0.2) is 5.43 Å². The highest BCUT2D eigenvalue weighted by Gasteiger charge is 2.43. The molecule has 5 rings (SSSR count). The van der Waals surface area contributed by atoms with E-state index in [1.54, 1.807) is 10.4 Å². The monoisotopic (exact) mass is 389 g/mol. The average Bonchev–Trinajstić information content (AvgIpc) is 3.44. The molecule has 146 valence electrons. The maximum Gasteiger partial charge on any atom is 0.416 e. The molecule has 0 spiro atoms. The summed E-state index contributed by atoms with van der Waals surface area (Å²) < 4.78 is 38.5. The molecule has 2 aliphatic heterocycles. The van der Waals surface area contributed by atoms with Crippen LogP contribution < -0.4 is 20.9 Å². The maximum absolute atomic E-state index is 12.8. The van der Waals surface area contributed by atoms with Crippen LogP contribution in [0.25, 0.3) is 11.9 Å². The summed E-state index contributed by atoms with van der Waals surface area (Å²) in [5.41, 5.74) is 3.19. The number of quaternary nitrogens is 1. The summed E-state index contributed by atoms with van der Waals surface area (Å²) in [4.78, 5) is 2.09. The fourth-order valence-electron chi connectivity index (χ4n) is 3.66. The summed E-state index contributed by atoms with van der Waals surface area (Å²) in [7, 11) is 0. The highest BCUT2D eigenvalue weighted by Crippen LogP contribution is 2.36. The van der Waals surface area contributed by atoms with E-state index in [0.717, 1.165) is 46.8 Å². The van der Waals surface area contributed by atoms with Crippen molar-refractivity contribution >= 4 is 17.6 Å². The molecule has 0 unspecified atom stereocenters. The lowest BCUT2D eigenvalue weighted by atomic mass is 10.1.